The van der Waals surface area contributed by atoms with Gasteiger partial charge in [0.15, 0.2) is 5.75 Å². The first-order valence-corrected chi connectivity index (χ1v) is 5.43. The summed E-state index contributed by atoms with van der Waals surface area (Å²) in [6.07, 6.45) is 0.837. The molecule has 1 unspecified atom stereocenters. The highest BCUT2D eigenvalue weighted by molar-refractivity contribution is 5.52. The van der Waals surface area contributed by atoms with Crippen molar-refractivity contribution >= 4 is 5.69 Å². The van der Waals surface area contributed by atoms with Gasteiger partial charge in [-0.1, -0.05) is 19.9 Å². The molecular weight excluding hydrogens is 220 g/mol. The molecule has 1 aliphatic carbocycles. The van der Waals surface area contributed by atoms with Gasteiger partial charge in [0.05, 0.1) is 12.0 Å². The van der Waals surface area contributed by atoms with Crippen LogP contribution >= 0.6 is 0 Å². The number of methoxy groups -OCH3 is 1. The Morgan fingerprint density at radius 1 is 1.47 bits per heavy atom. The van der Waals surface area contributed by atoms with Crippen molar-refractivity contribution in [1.29, 1.82) is 0 Å². The largest absolute Gasteiger partial charge is 0.490 e. The summed E-state index contributed by atoms with van der Waals surface area (Å²) in [5.41, 5.74) is 6.55. The number of hydrogen-bond acceptors (Lipinski definition) is 4. The van der Waals surface area contributed by atoms with E-state index in [1.807, 2.05) is 0 Å². The summed E-state index contributed by atoms with van der Waals surface area (Å²) in [7, 11) is 1.42. The Morgan fingerprint density at radius 3 is 2.47 bits per heavy atom. The molecule has 0 spiro atoms. The molecule has 5 heteroatoms. The van der Waals surface area contributed by atoms with E-state index in [1.165, 1.54) is 13.2 Å². The minimum Gasteiger partial charge on any atom is -0.490 e. The number of rotatable bonds is 3. The van der Waals surface area contributed by atoms with Crippen molar-refractivity contribution in [3.05, 3.63) is 33.9 Å². The molecule has 1 aromatic rings. The molecule has 0 amide bonds. The van der Waals surface area contributed by atoms with E-state index in [1.54, 1.807) is 12.1 Å². The fraction of sp³-hybridized carbons (Fsp3) is 0.500. The summed E-state index contributed by atoms with van der Waals surface area (Å²) in [5, 5.41) is 10.9. The zero-order valence-corrected chi connectivity index (χ0v) is 10.2. The summed E-state index contributed by atoms with van der Waals surface area (Å²) in [6, 6.07) is 4.94. The zero-order chi connectivity index (χ0) is 12.8. The van der Waals surface area contributed by atoms with E-state index in [4.69, 9.17) is 10.5 Å². The van der Waals surface area contributed by atoms with Crippen LogP contribution in [0.1, 0.15) is 25.8 Å². The maximum absolute atomic E-state index is 10.9. The van der Waals surface area contributed by atoms with Crippen LogP contribution in [0.3, 0.4) is 0 Å². The lowest BCUT2D eigenvalue weighted by Crippen LogP contribution is -2.25. The molecular formula is C12H16N2O3. The maximum atomic E-state index is 10.9. The number of benzene rings is 1. The number of hydrogen-bond donors (Lipinski definition) is 1. The van der Waals surface area contributed by atoms with Crippen LogP contribution in [0.25, 0.3) is 0 Å². The molecule has 17 heavy (non-hydrogen) atoms. The molecule has 1 atom stereocenters. The molecule has 92 valence electrons. The van der Waals surface area contributed by atoms with Crippen LogP contribution in [-0.2, 0) is 5.54 Å². The molecule has 0 aromatic heterocycles. The Labute approximate surface area is 99.7 Å². The van der Waals surface area contributed by atoms with E-state index in [0.29, 0.717) is 0 Å². The van der Waals surface area contributed by atoms with Crippen LogP contribution in [0.2, 0.25) is 0 Å². The highest BCUT2D eigenvalue weighted by atomic mass is 16.6. The van der Waals surface area contributed by atoms with E-state index >= 15 is 0 Å². The number of nitro groups is 1. The molecule has 1 saturated carbocycles. The van der Waals surface area contributed by atoms with Crippen molar-refractivity contribution in [1.82, 2.24) is 0 Å². The second-order valence-corrected chi connectivity index (χ2v) is 5.18. The van der Waals surface area contributed by atoms with E-state index in [2.05, 4.69) is 13.8 Å². The number of nitro benzene ring substituents is 1. The van der Waals surface area contributed by atoms with Gasteiger partial charge in [0.2, 0.25) is 0 Å². The zero-order valence-electron chi connectivity index (χ0n) is 10.2. The van der Waals surface area contributed by atoms with E-state index < -0.39 is 10.5 Å². The van der Waals surface area contributed by atoms with Gasteiger partial charge in [-0.3, -0.25) is 10.1 Å². The van der Waals surface area contributed by atoms with Gasteiger partial charge in [-0.2, -0.15) is 0 Å². The van der Waals surface area contributed by atoms with E-state index in [9.17, 15) is 10.1 Å². The van der Waals surface area contributed by atoms with Crippen LogP contribution in [0.4, 0.5) is 5.69 Å². The number of nitrogens with two attached hydrogens (primary N) is 1. The second kappa shape index (κ2) is 3.43. The Morgan fingerprint density at radius 2 is 2.06 bits per heavy atom. The summed E-state index contributed by atoms with van der Waals surface area (Å²) < 4.78 is 4.96. The molecule has 0 aliphatic heterocycles. The second-order valence-electron chi connectivity index (χ2n) is 5.18. The normalized spacial score (nSPS) is 25.4. The third-order valence-corrected chi connectivity index (χ3v) is 3.69. The quantitative estimate of drug-likeness (QED) is 0.644. The third kappa shape index (κ3) is 1.67. The van der Waals surface area contributed by atoms with Gasteiger partial charge in [-0.15, -0.1) is 0 Å². The van der Waals surface area contributed by atoms with Gasteiger partial charge in [-0.25, -0.2) is 0 Å². The topological polar surface area (TPSA) is 78.4 Å². The highest BCUT2D eigenvalue weighted by Crippen LogP contribution is 2.60. The minimum atomic E-state index is -0.454. The molecule has 1 aliphatic rings. The SMILES string of the molecule is COc1ccc(C2(N)CC2(C)C)cc1[N+](=O)[O-]. The monoisotopic (exact) mass is 236 g/mol. The van der Waals surface area contributed by atoms with Crippen LogP contribution in [-0.4, -0.2) is 12.0 Å². The van der Waals surface area contributed by atoms with Crippen molar-refractivity contribution in [2.45, 2.75) is 25.8 Å². The molecule has 0 heterocycles. The van der Waals surface area contributed by atoms with Gasteiger partial charge < -0.3 is 10.5 Å². The highest BCUT2D eigenvalue weighted by Gasteiger charge is 2.59. The molecule has 1 fully saturated rings. The summed E-state index contributed by atoms with van der Waals surface area (Å²) in [5.74, 6) is 0.265. The van der Waals surface area contributed by atoms with Crippen molar-refractivity contribution in [3.63, 3.8) is 0 Å². The summed E-state index contributed by atoms with van der Waals surface area (Å²) in [4.78, 5) is 10.5. The Bertz CT molecular complexity index is 485. The van der Waals surface area contributed by atoms with Gasteiger partial charge in [0.1, 0.15) is 0 Å². The lowest BCUT2D eigenvalue weighted by Gasteiger charge is -2.15. The van der Waals surface area contributed by atoms with E-state index in [-0.39, 0.29) is 16.9 Å². The van der Waals surface area contributed by atoms with Crippen molar-refractivity contribution in [2.75, 3.05) is 7.11 Å². The molecule has 2 rings (SSSR count). The summed E-state index contributed by atoms with van der Waals surface area (Å²) >= 11 is 0. The lowest BCUT2D eigenvalue weighted by molar-refractivity contribution is -0.385. The predicted molar refractivity (Wildman–Crippen MR) is 63.9 cm³/mol. The van der Waals surface area contributed by atoms with Crippen molar-refractivity contribution in [3.8, 4) is 5.75 Å². The van der Waals surface area contributed by atoms with Gasteiger partial charge in [0, 0.05) is 11.6 Å². The van der Waals surface area contributed by atoms with Crippen LogP contribution in [0.15, 0.2) is 18.2 Å². The Balaban J connectivity index is 2.46. The lowest BCUT2D eigenvalue weighted by atomic mass is 9.96. The van der Waals surface area contributed by atoms with Gasteiger partial charge in [-0.05, 0) is 23.5 Å². The molecule has 0 radical (unpaired) electrons. The van der Waals surface area contributed by atoms with Crippen molar-refractivity contribution in [2.24, 2.45) is 11.1 Å². The predicted octanol–water partition coefficient (Wildman–Crippen LogP) is 2.19. The molecule has 5 nitrogen and oxygen atoms in total. The van der Waals surface area contributed by atoms with Gasteiger partial charge in [0.25, 0.3) is 0 Å². The fourth-order valence-corrected chi connectivity index (χ4v) is 2.26. The third-order valence-electron chi connectivity index (χ3n) is 3.69. The smallest absolute Gasteiger partial charge is 0.311 e. The molecule has 0 bridgehead atoms. The number of ether oxygens (including phenoxy) is 1. The fourth-order valence-electron chi connectivity index (χ4n) is 2.26. The van der Waals surface area contributed by atoms with Crippen molar-refractivity contribution < 1.29 is 9.66 Å². The molecule has 0 saturated heterocycles. The number of nitrogens with zero attached hydrogens (tertiary/aromatic N) is 1. The van der Waals surface area contributed by atoms with Crippen LogP contribution in [0.5, 0.6) is 5.75 Å². The Kier molecular flexibility index (Phi) is 2.39. The summed E-state index contributed by atoms with van der Waals surface area (Å²) in [6.45, 7) is 4.12. The van der Waals surface area contributed by atoms with Crippen LogP contribution < -0.4 is 10.5 Å². The average Bonchev–Trinajstić information content (AvgIpc) is 2.78. The Hall–Kier alpha value is -1.62. The standard InChI is InChI=1S/C12H16N2O3/c1-11(2)7-12(11,13)8-4-5-10(17-3)9(6-8)14(15)16/h4-6H,7,13H2,1-3H3. The van der Waals surface area contributed by atoms with Crippen LogP contribution in [0, 0.1) is 15.5 Å². The first-order valence-electron chi connectivity index (χ1n) is 5.43. The maximum Gasteiger partial charge on any atom is 0.311 e. The first-order chi connectivity index (χ1) is 7.82. The molecule has 2 N–H and O–H groups in total. The van der Waals surface area contributed by atoms with Gasteiger partial charge >= 0.3 is 5.69 Å². The minimum absolute atomic E-state index is 0.00451. The average molecular weight is 236 g/mol. The first kappa shape index (κ1) is 11.9. The molecule has 1 aromatic carbocycles. The van der Waals surface area contributed by atoms with E-state index in [0.717, 1.165) is 12.0 Å².